The molecule has 2 N–H and O–H groups in total. The fourth-order valence-electron chi connectivity index (χ4n) is 1.53. The molecule has 0 aliphatic carbocycles. The normalized spacial score (nSPS) is 9.67. The molecule has 0 aliphatic rings. The molecule has 0 heterocycles. The number of carboxylic acids is 1. The van der Waals surface area contributed by atoms with E-state index in [1.807, 2.05) is 13.0 Å². The zero-order chi connectivity index (χ0) is 11.4. The van der Waals surface area contributed by atoms with E-state index in [4.69, 9.17) is 15.5 Å². The van der Waals surface area contributed by atoms with Crippen LogP contribution in [0.5, 0.6) is 0 Å². The number of aromatic carboxylic acids is 1. The predicted molar refractivity (Wildman–Crippen MR) is 53.4 cm³/mol. The molecule has 4 nitrogen and oxygen atoms in total. The van der Waals surface area contributed by atoms with Gasteiger partial charge in [-0.05, 0) is 18.1 Å². The number of aliphatic hydroxyl groups is 1. The van der Waals surface area contributed by atoms with Crippen LogP contribution in [0.2, 0.25) is 0 Å². The topological polar surface area (TPSA) is 81.3 Å². The van der Waals surface area contributed by atoms with Crippen LogP contribution >= 0.6 is 0 Å². The van der Waals surface area contributed by atoms with Crippen molar-refractivity contribution in [3.05, 3.63) is 34.4 Å². The van der Waals surface area contributed by atoms with Crippen LogP contribution in [0.15, 0.2) is 12.1 Å². The molecule has 0 amide bonds. The van der Waals surface area contributed by atoms with Crippen molar-refractivity contribution in [2.75, 3.05) is 0 Å². The predicted octanol–water partition coefficient (Wildman–Crippen LogP) is 1.31. The monoisotopic (exact) mass is 205 g/mol. The first-order chi connectivity index (χ1) is 7.15. The Morgan fingerprint density at radius 1 is 1.53 bits per heavy atom. The molecular weight excluding hydrogens is 194 g/mol. The lowest BCUT2D eigenvalue weighted by atomic mass is 9.95. The largest absolute Gasteiger partial charge is 0.478 e. The Kier molecular flexibility index (Phi) is 3.42. The molecule has 0 unspecified atom stereocenters. The molecule has 15 heavy (non-hydrogen) atoms. The summed E-state index contributed by atoms with van der Waals surface area (Å²) in [4.78, 5) is 11.0. The first-order valence-corrected chi connectivity index (χ1v) is 4.54. The number of aliphatic hydroxyl groups excluding tert-OH is 1. The third-order valence-electron chi connectivity index (χ3n) is 2.27. The summed E-state index contributed by atoms with van der Waals surface area (Å²) in [6.07, 6.45) is 0.556. The second kappa shape index (κ2) is 4.58. The average Bonchev–Trinajstić information content (AvgIpc) is 2.26. The Morgan fingerprint density at radius 3 is 2.60 bits per heavy atom. The molecule has 0 radical (unpaired) electrons. The molecule has 0 atom stereocenters. The molecular formula is C11H11NO3. The lowest BCUT2D eigenvalue weighted by Crippen LogP contribution is -2.09. The van der Waals surface area contributed by atoms with Gasteiger partial charge in [-0.1, -0.05) is 13.0 Å². The van der Waals surface area contributed by atoms with E-state index in [0.717, 1.165) is 0 Å². The summed E-state index contributed by atoms with van der Waals surface area (Å²) < 4.78 is 0. The summed E-state index contributed by atoms with van der Waals surface area (Å²) in [5, 5.41) is 26.9. The highest BCUT2D eigenvalue weighted by molar-refractivity contribution is 5.92. The average molecular weight is 205 g/mol. The van der Waals surface area contributed by atoms with Crippen molar-refractivity contribution in [1.29, 1.82) is 5.26 Å². The third kappa shape index (κ3) is 1.97. The van der Waals surface area contributed by atoms with Gasteiger partial charge >= 0.3 is 5.97 Å². The van der Waals surface area contributed by atoms with Gasteiger partial charge in [0, 0.05) is 5.56 Å². The standard InChI is InChI=1S/C11H11NO3/c1-2-7-3-4-8(5-12)9(6-13)10(7)11(14)15/h3-4,13H,2,6H2,1H3,(H,14,15). The van der Waals surface area contributed by atoms with Crippen molar-refractivity contribution in [1.82, 2.24) is 0 Å². The fraction of sp³-hybridized carbons (Fsp3) is 0.273. The van der Waals surface area contributed by atoms with E-state index < -0.39 is 12.6 Å². The van der Waals surface area contributed by atoms with Gasteiger partial charge in [0.05, 0.1) is 23.8 Å². The van der Waals surface area contributed by atoms with Gasteiger partial charge < -0.3 is 10.2 Å². The molecule has 0 aromatic heterocycles. The maximum Gasteiger partial charge on any atom is 0.336 e. The summed E-state index contributed by atoms with van der Waals surface area (Å²) in [5.74, 6) is -1.10. The van der Waals surface area contributed by atoms with Crippen LogP contribution < -0.4 is 0 Å². The number of aryl methyl sites for hydroxylation is 1. The minimum atomic E-state index is -1.10. The summed E-state index contributed by atoms with van der Waals surface area (Å²) in [6, 6.07) is 5.02. The van der Waals surface area contributed by atoms with Crippen LogP contribution in [-0.2, 0) is 13.0 Å². The van der Waals surface area contributed by atoms with Crippen molar-refractivity contribution in [3.63, 3.8) is 0 Å². The van der Waals surface area contributed by atoms with Crippen LogP contribution in [0.3, 0.4) is 0 Å². The SMILES string of the molecule is CCc1ccc(C#N)c(CO)c1C(=O)O. The molecule has 4 heteroatoms. The maximum atomic E-state index is 11.0. The first kappa shape index (κ1) is 11.2. The number of rotatable bonds is 3. The number of carbonyl (C=O) groups is 1. The van der Waals surface area contributed by atoms with Crippen molar-refractivity contribution in [2.45, 2.75) is 20.0 Å². The van der Waals surface area contributed by atoms with Gasteiger partial charge in [0.1, 0.15) is 0 Å². The number of hydrogen-bond donors (Lipinski definition) is 2. The number of hydrogen-bond acceptors (Lipinski definition) is 3. The zero-order valence-corrected chi connectivity index (χ0v) is 8.32. The van der Waals surface area contributed by atoms with Crippen LogP contribution in [0.4, 0.5) is 0 Å². The van der Waals surface area contributed by atoms with Gasteiger partial charge in [-0.2, -0.15) is 5.26 Å². The highest BCUT2D eigenvalue weighted by Crippen LogP contribution is 2.20. The van der Waals surface area contributed by atoms with E-state index in [0.29, 0.717) is 12.0 Å². The molecule has 0 spiro atoms. The third-order valence-corrected chi connectivity index (χ3v) is 2.27. The van der Waals surface area contributed by atoms with E-state index >= 15 is 0 Å². The molecule has 0 fully saturated rings. The first-order valence-electron chi connectivity index (χ1n) is 4.54. The second-order valence-corrected chi connectivity index (χ2v) is 3.05. The minimum absolute atomic E-state index is 0.0547. The smallest absolute Gasteiger partial charge is 0.336 e. The number of nitriles is 1. The fourth-order valence-corrected chi connectivity index (χ4v) is 1.53. The molecule has 0 bridgehead atoms. The lowest BCUT2D eigenvalue weighted by molar-refractivity contribution is 0.0692. The van der Waals surface area contributed by atoms with Gasteiger partial charge in [-0.3, -0.25) is 0 Å². The Morgan fingerprint density at radius 2 is 2.20 bits per heavy atom. The number of carboxylic acid groups (broad SMARTS) is 1. The molecule has 1 aromatic rings. The summed E-state index contributed by atoms with van der Waals surface area (Å²) >= 11 is 0. The van der Waals surface area contributed by atoms with Crippen LogP contribution in [0.25, 0.3) is 0 Å². The van der Waals surface area contributed by atoms with E-state index in [1.165, 1.54) is 6.07 Å². The second-order valence-electron chi connectivity index (χ2n) is 3.05. The molecule has 1 aromatic carbocycles. The van der Waals surface area contributed by atoms with Gasteiger partial charge in [0.2, 0.25) is 0 Å². The van der Waals surface area contributed by atoms with Crippen molar-refractivity contribution >= 4 is 5.97 Å². The van der Waals surface area contributed by atoms with E-state index in [-0.39, 0.29) is 16.7 Å². The lowest BCUT2D eigenvalue weighted by Gasteiger charge is -2.09. The Labute approximate surface area is 87.4 Å². The Balaban J connectivity index is 3.53. The van der Waals surface area contributed by atoms with Gasteiger partial charge in [0.25, 0.3) is 0 Å². The zero-order valence-electron chi connectivity index (χ0n) is 8.32. The quantitative estimate of drug-likeness (QED) is 0.779. The van der Waals surface area contributed by atoms with Gasteiger partial charge in [0.15, 0.2) is 0 Å². The minimum Gasteiger partial charge on any atom is -0.478 e. The van der Waals surface area contributed by atoms with Crippen molar-refractivity contribution < 1.29 is 15.0 Å². The highest BCUT2D eigenvalue weighted by atomic mass is 16.4. The van der Waals surface area contributed by atoms with Crippen LogP contribution in [-0.4, -0.2) is 16.2 Å². The Hall–Kier alpha value is -1.86. The summed E-state index contributed by atoms with van der Waals surface area (Å²) in [6.45, 7) is 1.40. The summed E-state index contributed by atoms with van der Waals surface area (Å²) in [7, 11) is 0. The Bertz CT molecular complexity index is 432. The molecule has 78 valence electrons. The van der Waals surface area contributed by atoms with Gasteiger partial charge in [-0.25, -0.2) is 4.79 Å². The van der Waals surface area contributed by atoms with Crippen LogP contribution in [0.1, 0.15) is 34.0 Å². The van der Waals surface area contributed by atoms with Gasteiger partial charge in [-0.15, -0.1) is 0 Å². The molecule has 0 saturated heterocycles. The highest BCUT2D eigenvalue weighted by Gasteiger charge is 2.17. The van der Waals surface area contributed by atoms with Crippen molar-refractivity contribution in [2.24, 2.45) is 0 Å². The molecule has 0 aliphatic heterocycles. The van der Waals surface area contributed by atoms with E-state index in [9.17, 15) is 4.79 Å². The number of nitrogens with zero attached hydrogens (tertiary/aromatic N) is 1. The van der Waals surface area contributed by atoms with E-state index in [2.05, 4.69) is 0 Å². The summed E-state index contributed by atoms with van der Waals surface area (Å²) in [5.41, 5.74) is 1.10. The molecule has 1 rings (SSSR count). The maximum absolute atomic E-state index is 11.0. The van der Waals surface area contributed by atoms with Crippen LogP contribution in [0, 0.1) is 11.3 Å². The number of benzene rings is 1. The van der Waals surface area contributed by atoms with E-state index in [1.54, 1.807) is 6.07 Å². The molecule has 0 saturated carbocycles. The van der Waals surface area contributed by atoms with Crippen molar-refractivity contribution in [3.8, 4) is 6.07 Å².